The Labute approximate surface area is 257 Å². The molecular weight excluding hydrogens is 562 g/mol. The minimum atomic E-state index is -2.61. The zero-order valence-electron chi connectivity index (χ0n) is 25.7. The van der Waals surface area contributed by atoms with E-state index in [4.69, 9.17) is 5.10 Å². The van der Waals surface area contributed by atoms with Crippen LogP contribution < -0.4 is 10.2 Å². The highest BCUT2D eigenvalue weighted by atomic mass is 19.3. The van der Waals surface area contributed by atoms with E-state index in [-0.39, 0.29) is 11.5 Å². The molecule has 1 saturated carbocycles. The Hall–Kier alpha value is -3.31. The number of nitrogens with one attached hydrogen (secondary N) is 1. The number of amides is 1. The van der Waals surface area contributed by atoms with Gasteiger partial charge in [0.1, 0.15) is 0 Å². The molecule has 3 aromatic rings. The van der Waals surface area contributed by atoms with E-state index >= 15 is 0 Å². The second-order valence-electron chi connectivity index (χ2n) is 13.9. The first-order chi connectivity index (χ1) is 21.3. The molecule has 234 valence electrons. The number of aryl methyl sites for hydroxylation is 2. The van der Waals surface area contributed by atoms with Gasteiger partial charge in [0.15, 0.2) is 5.82 Å². The summed E-state index contributed by atoms with van der Waals surface area (Å²) in [5.41, 5.74) is 5.90. The maximum atomic E-state index is 14.6. The molecule has 0 radical (unpaired) electrons. The average Bonchev–Trinajstić information content (AvgIpc) is 3.58. The van der Waals surface area contributed by atoms with Crippen LogP contribution in [0.15, 0.2) is 24.5 Å². The molecule has 9 nitrogen and oxygen atoms in total. The monoisotopic (exact) mass is 604 g/mol. The van der Waals surface area contributed by atoms with Crippen LogP contribution in [0, 0.1) is 5.41 Å². The molecular formula is C33H42F2N8O. The number of carbonyl (C=O) groups is 1. The number of rotatable bonds is 5. The second kappa shape index (κ2) is 10.7. The Morgan fingerprint density at radius 1 is 1.09 bits per heavy atom. The molecule has 1 amide bonds. The topological polar surface area (TPSA) is 74.5 Å². The fourth-order valence-corrected chi connectivity index (χ4v) is 8.46. The lowest BCUT2D eigenvalue weighted by molar-refractivity contribution is -0.129. The molecule has 1 spiro atoms. The third-order valence-corrected chi connectivity index (χ3v) is 11.1. The van der Waals surface area contributed by atoms with Gasteiger partial charge < -0.3 is 15.1 Å². The number of alkyl halides is 2. The number of anilines is 2. The summed E-state index contributed by atoms with van der Waals surface area (Å²) in [5, 5.41) is 13.0. The number of benzene rings is 1. The van der Waals surface area contributed by atoms with Gasteiger partial charge in [0.2, 0.25) is 5.91 Å². The van der Waals surface area contributed by atoms with Crippen LogP contribution in [0.25, 0.3) is 11.1 Å². The molecule has 6 heterocycles. The number of fused-ring (bicyclic) bond motifs is 2. The largest absolute Gasteiger partial charge is 0.338 e. The van der Waals surface area contributed by atoms with Crippen LogP contribution in [-0.4, -0.2) is 80.6 Å². The summed E-state index contributed by atoms with van der Waals surface area (Å²) < 4.78 is 33.0. The SMILES string of the molecule is CC(=O)N1CCc2c(c(N3CCCc4cc(-c5cnn(C)c5)c(C(F)F)cc43)nn2C2CCC3(CC2)CN(C2CNC2)C3)C1. The van der Waals surface area contributed by atoms with Crippen LogP contribution >= 0.6 is 0 Å². The number of likely N-dealkylation sites (tertiary alicyclic amines) is 1. The molecule has 0 atom stereocenters. The summed E-state index contributed by atoms with van der Waals surface area (Å²) in [4.78, 5) is 19.2. The van der Waals surface area contributed by atoms with Crippen molar-refractivity contribution < 1.29 is 13.6 Å². The van der Waals surface area contributed by atoms with Gasteiger partial charge in [-0.2, -0.15) is 10.2 Å². The van der Waals surface area contributed by atoms with Gasteiger partial charge >= 0.3 is 0 Å². The van der Waals surface area contributed by atoms with Crippen LogP contribution in [0.1, 0.15) is 73.9 Å². The Bertz CT molecular complexity index is 1580. The Kier molecular flexibility index (Phi) is 6.82. The number of halogens is 2. The predicted octanol–water partition coefficient (Wildman–Crippen LogP) is 4.60. The first kappa shape index (κ1) is 28.2. The van der Waals surface area contributed by atoms with E-state index in [2.05, 4.69) is 24.9 Å². The van der Waals surface area contributed by atoms with Crippen molar-refractivity contribution in [3.63, 3.8) is 0 Å². The summed E-state index contributed by atoms with van der Waals surface area (Å²) >= 11 is 0. The van der Waals surface area contributed by atoms with E-state index in [0.29, 0.717) is 42.2 Å². The maximum absolute atomic E-state index is 14.6. The predicted molar refractivity (Wildman–Crippen MR) is 164 cm³/mol. The van der Waals surface area contributed by atoms with Gasteiger partial charge in [0.05, 0.1) is 18.8 Å². The summed E-state index contributed by atoms with van der Waals surface area (Å²) in [6.07, 6.45) is 8.01. The molecule has 5 aliphatic rings. The Morgan fingerprint density at radius 3 is 2.55 bits per heavy atom. The number of hydrogen-bond donors (Lipinski definition) is 1. The molecule has 2 aromatic heterocycles. The Morgan fingerprint density at radius 2 is 1.89 bits per heavy atom. The van der Waals surface area contributed by atoms with Crippen molar-refractivity contribution in [2.45, 2.75) is 76.9 Å². The van der Waals surface area contributed by atoms with Gasteiger partial charge in [-0.15, -0.1) is 0 Å². The summed E-state index contributed by atoms with van der Waals surface area (Å²) in [6.45, 7) is 8.24. The maximum Gasteiger partial charge on any atom is 0.264 e. The first-order valence-electron chi connectivity index (χ1n) is 16.3. The zero-order valence-corrected chi connectivity index (χ0v) is 25.7. The van der Waals surface area contributed by atoms with Crippen LogP contribution in [0.3, 0.4) is 0 Å². The van der Waals surface area contributed by atoms with E-state index in [1.54, 1.807) is 37.1 Å². The van der Waals surface area contributed by atoms with Crippen molar-refractivity contribution in [1.29, 1.82) is 0 Å². The van der Waals surface area contributed by atoms with Crippen molar-refractivity contribution in [3.05, 3.63) is 46.9 Å². The lowest BCUT2D eigenvalue weighted by atomic mass is 9.66. The summed E-state index contributed by atoms with van der Waals surface area (Å²) in [5.74, 6) is 0.902. The number of carbonyl (C=O) groups excluding carboxylic acids is 1. The fraction of sp³-hybridized carbons (Fsp3) is 0.606. The molecule has 1 aliphatic carbocycles. The third-order valence-electron chi connectivity index (χ3n) is 11.1. The zero-order chi connectivity index (χ0) is 30.2. The Balaban J connectivity index is 1.13. The van der Waals surface area contributed by atoms with Crippen molar-refractivity contribution in [3.8, 4) is 11.1 Å². The number of hydrogen-bond acceptors (Lipinski definition) is 6. The van der Waals surface area contributed by atoms with Crippen molar-refractivity contribution in [2.75, 3.05) is 44.2 Å². The van der Waals surface area contributed by atoms with Gasteiger partial charge in [-0.25, -0.2) is 8.78 Å². The molecule has 11 heteroatoms. The molecule has 0 unspecified atom stereocenters. The third kappa shape index (κ3) is 4.65. The van der Waals surface area contributed by atoms with E-state index in [1.807, 2.05) is 11.0 Å². The molecule has 3 fully saturated rings. The molecule has 1 N–H and O–H groups in total. The van der Waals surface area contributed by atoms with Crippen molar-refractivity contribution in [1.82, 2.24) is 34.7 Å². The van der Waals surface area contributed by atoms with Gasteiger partial charge in [-0.3, -0.25) is 19.1 Å². The van der Waals surface area contributed by atoms with E-state index in [9.17, 15) is 13.6 Å². The second-order valence-corrected chi connectivity index (χ2v) is 13.9. The van der Waals surface area contributed by atoms with E-state index in [0.717, 1.165) is 73.9 Å². The van der Waals surface area contributed by atoms with Crippen LogP contribution in [0.5, 0.6) is 0 Å². The minimum absolute atomic E-state index is 0.0205. The number of nitrogens with zero attached hydrogens (tertiary/aromatic N) is 7. The highest BCUT2D eigenvalue weighted by molar-refractivity contribution is 5.78. The standard InChI is InChI=1S/C33H42F2N8O/c1-21(44)40-11-7-29-28(18-40)32(38-43(29)24-5-8-33(9-6-24)19-41(20-33)25-15-36-16-25)42-10-3-4-22-12-26(23-14-37-39(2)17-23)27(31(34)35)13-30(22)42/h12-14,17,24-25,31,36H,3-11,15-16,18-20H2,1-2H3. The highest BCUT2D eigenvalue weighted by Gasteiger charge is 2.48. The molecule has 0 bridgehead atoms. The number of aromatic nitrogens is 4. The summed E-state index contributed by atoms with van der Waals surface area (Å²) in [6, 6.07) is 4.68. The van der Waals surface area contributed by atoms with Gasteiger partial charge in [-0.05, 0) is 67.2 Å². The molecule has 2 saturated heterocycles. The van der Waals surface area contributed by atoms with E-state index < -0.39 is 6.43 Å². The quantitative estimate of drug-likeness (QED) is 0.459. The van der Waals surface area contributed by atoms with Crippen LogP contribution in [-0.2, 0) is 31.2 Å². The molecule has 44 heavy (non-hydrogen) atoms. The molecule has 4 aliphatic heterocycles. The van der Waals surface area contributed by atoms with Gasteiger partial charge in [0, 0.05) is 100.0 Å². The van der Waals surface area contributed by atoms with Crippen molar-refractivity contribution in [2.24, 2.45) is 12.5 Å². The van der Waals surface area contributed by atoms with E-state index in [1.165, 1.54) is 31.6 Å². The van der Waals surface area contributed by atoms with Crippen LogP contribution in [0.2, 0.25) is 0 Å². The van der Waals surface area contributed by atoms with Gasteiger partial charge in [0.25, 0.3) is 6.43 Å². The van der Waals surface area contributed by atoms with Crippen LogP contribution in [0.4, 0.5) is 20.3 Å². The normalized spacial score (nSPS) is 22.2. The first-order valence-corrected chi connectivity index (χ1v) is 16.3. The average molecular weight is 605 g/mol. The highest BCUT2D eigenvalue weighted by Crippen LogP contribution is 2.49. The fourth-order valence-electron chi connectivity index (χ4n) is 8.46. The lowest BCUT2D eigenvalue weighted by Gasteiger charge is -2.58. The summed E-state index contributed by atoms with van der Waals surface area (Å²) in [7, 11) is 1.80. The molecule has 8 rings (SSSR count). The smallest absolute Gasteiger partial charge is 0.264 e. The minimum Gasteiger partial charge on any atom is -0.338 e. The lowest BCUT2D eigenvalue weighted by Crippen LogP contribution is -2.68. The molecule has 1 aromatic carbocycles. The van der Waals surface area contributed by atoms with Crippen molar-refractivity contribution >= 4 is 17.4 Å². The van der Waals surface area contributed by atoms with Gasteiger partial charge in [-0.1, -0.05) is 0 Å².